The van der Waals surface area contributed by atoms with E-state index < -0.39 is 5.97 Å². The number of carboxylic acids is 1. The molecular formula is C14H15N3O2. The molecule has 2 aromatic rings. The van der Waals surface area contributed by atoms with Crippen molar-refractivity contribution in [3.63, 3.8) is 0 Å². The average Bonchev–Trinajstić information content (AvgIpc) is 2.46. The number of pyridine rings is 2. The highest BCUT2D eigenvalue weighted by molar-refractivity contribution is 5.88. The minimum absolute atomic E-state index is 0.245. The summed E-state index contributed by atoms with van der Waals surface area (Å²) in [6, 6.07) is 8.85. The van der Waals surface area contributed by atoms with Crippen molar-refractivity contribution >= 4 is 11.8 Å². The molecule has 0 aliphatic carbocycles. The summed E-state index contributed by atoms with van der Waals surface area (Å²) in [6.07, 6.45) is 4.06. The lowest BCUT2D eigenvalue weighted by molar-refractivity contribution is 0.0697. The van der Waals surface area contributed by atoms with Crippen LogP contribution < -0.4 is 4.90 Å². The zero-order valence-corrected chi connectivity index (χ0v) is 10.7. The molecule has 0 fully saturated rings. The van der Waals surface area contributed by atoms with Gasteiger partial charge >= 0.3 is 5.97 Å². The van der Waals surface area contributed by atoms with Crippen molar-refractivity contribution in [1.82, 2.24) is 9.97 Å². The van der Waals surface area contributed by atoms with E-state index in [1.165, 1.54) is 12.3 Å². The van der Waals surface area contributed by atoms with Crippen molar-refractivity contribution in [2.75, 3.05) is 18.5 Å². The van der Waals surface area contributed by atoms with Gasteiger partial charge in [-0.05, 0) is 24.3 Å². The van der Waals surface area contributed by atoms with E-state index in [0.717, 1.165) is 18.7 Å². The zero-order chi connectivity index (χ0) is 13.7. The Morgan fingerprint density at radius 3 is 2.79 bits per heavy atom. The Morgan fingerprint density at radius 2 is 2.11 bits per heavy atom. The van der Waals surface area contributed by atoms with E-state index in [0.29, 0.717) is 5.82 Å². The van der Waals surface area contributed by atoms with Gasteiger partial charge in [-0.15, -0.1) is 0 Å². The first-order valence-corrected chi connectivity index (χ1v) is 5.97. The van der Waals surface area contributed by atoms with Gasteiger partial charge in [-0.25, -0.2) is 9.78 Å². The third-order valence-corrected chi connectivity index (χ3v) is 2.81. The van der Waals surface area contributed by atoms with Crippen LogP contribution in [-0.4, -0.2) is 34.6 Å². The van der Waals surface area contributed by atoms with Crippen molar-refractivity contribution in [1.29, 1.82) is 0 Å². The van der Waals surface area contributed by atoms with Gasteiger partial charge in [0, 0.05) is 38.1 Å². The second-order valence-electron chi connectivity index (χ2n) is 4.20. The van der Waals surface area contributed by atoms with Crippen LogP contribution in [0.2, 0.25) is 0 Å². The summed E-state index contributed by atoms with van der Waals surface area (Å²) in [7, 11) is 1.89. The van der Waals surface area contributed by atoms with Crippen molar-refractivity contribution in [2.24, 2.45) is 0 Å². The van der Waals surface area contributed by atoms with Crippen LogP contribution in [0.15, 0.2) is 42.7 Å². The lowest BCUT2D eigenvalue weighted by atomic mass is 10.2. The van der Waals surface area contributed by atoms with E-state index >= 15 is 0 Å². The Morgan fingerprint density at radius 1 is 1.26 bits per heavy atom. The molecule has 0 aromatic carbocycles. The number of aromatic nitrogens is 2. The number of aromatic carboxylic acids is 1. The predicted molar refractivity (Wildman–Crippen MR) is 72.4 cm³/mol. The van der Waals surface area contributed by atoms with Gasteiger partial charge in [-0.3, -0.25) is 4.98 Å². The van der Waals surface area contributed by atoms with E-state index in [1.807, 2.05) is 30.1 Å². The number of hydrogen-bond acceptors (Lipinski definition) is 4. The quantitative estimate of drug-likeness (QED) is 0.885. The SMILES string of the molecule is CN(CCc1ccccn1)c1cc(C(=O)O)ccn1. The number of rotatable bonds is 5. The molecule has 0 saturated carbocycles. The third-order valence-electron chi connectivity index (χ3n) is 2.81. The second-order valence-corrected chi connectivity index (χ2v) is 4.20. The first kappa shape index (κ1) is 13.0. The third kappa shape index (κ3) is 3.51. The fraction of sp³-hybridized carbons (Fsp3) is 0.214. The molecule has 0 amide bonds. The van der Waals surface area contributed by atoms with Crippen LogP contribution in [0.5, 0.6) is 0 Å². The van der Waals surface area contributed by atoms with Gasteiger partial charge in [-0.1, -0.05) is 6.07 Å². The van der Waals surface area contributed by atoms with E-state index in [-0.39, 0.29) is 5.56 Å². The Labute approximate surface area is 111 Å². The second kappa shape index (κ2) is 5.95. The Kier molecular flexibility index (Phi) is 4.07. The first-order valence-electron chi connectivity index (χ1n) is 5.97. The average molecular weight is 257 g/mol. The number of anilines is 1. The summed E-state index contributed by atoms with van der Waals surface area (Å²) in [6.45, 7) is 0.729. The van der Waals surface area contributed by atoms with E-state index in [4.69, 9.17) is 5.11 Å². The molecule has 2 rings (SSSR count). The number of nitrogens with zero attached hydrogens (tertiary/aromatic N) is 3. The molecule has 1 N–H and O–H groups in total. The molecule has 0 unspecified atom stereocenters. The summed E-state index contributed by atoms with van der Waals surface area (Å²) < 4.78 is 0. The number of hydrogen-bond donors (Lipinski definition) is 1. The van der Waals surface area contributed by atoms with Gasteiger partial charge in [0.15, 0.2) is 0 Å². The molecule has 0 aliphatic rings. The lowest BCUT2D eigenvalue weighted by Crippen LogP contribution is -2.22. The number of likely N-dealkylation sites (N-methyl/N-ethyl adjacent to an activating group) is 1. The number of carboxylic acid groups (broad SMARTS) is 1. The van der Waals surface area contributed by atoms with Crippen LogP contribution in [0.25, 0.3) is 0 Å². The minimum Gasteiger partial charge on any atom is -0.478 e. The molecule has 98 valence electrons. The van der Waals surface area contributed by atoms with E-state index in [9.17, 15) is 4.79 Å². The summed E-state index contributed by atoms with van der Waals surface area (Å²) in [5, 5.41) is 8.94. The predicted octanol–water partition coefficient (Wildman–Crippen LogP) is 1.85. The Hall–Kier alpha value is -2.43. The molecule has 0 spiro atoms. The molecule has 0 saturated heterocycles. The van der Waals surface area contributed by atoms with Gasteiger partial charge < -0.3 is 10.0 Å². The maximum absolute atomic E-state index is 10.9. The van der Waals surface area contributed by atoms with Crippen LogP contribution in [0.3, 0.4) is 0 Å². The van der Waals surface area contributed by atoms with Crippen LogP contribution >= 0.6 is 0 Å². The summed E-state index contributed by atoms with van der Waals surface area (Å²) >= 11 is 0. The van der Waals surface area contributed by atoms with Crippen molar-refractivity contribution in [3.05, 3.63) is 54.0 Å². The monoisotopic (exact) mass is 257 g/mol. The molecule has 19 heavy (non-hydrogen) atoms. The summed E-state index contributed by atoms with van der Waals surface area (Å²) in [5.74, 6) is -0.294. The Balaban J connectivity index is 2.02. The Bertz CT molecular complexity index is 558. The molecule has 2 aromatic heterocycles. The van der Waals surface area contributed by atoms with Crippen LogP contribution in [0.4, 0.5) is 5.82 Å². The molecule has 0 bridgehead atoms. The highest BCUT2D eigenvalue weighted by Crippen LogP contribution is 2.11. The van der Waals surface area contributed by atoms with Crippen LogP contribution in [0, 0.1) is 0 Å². The fourth-order valence-corrected chi connectivity index (χ4v) is 1.70. The van der Waals surface area contributed by atoms with E-state index in [2.05, 4.69) is 9.97 Å². The highest BCUT2D eigenvalue weighted by atomic mass is 16.4. The molecule has 2 heterocycles. The number of carbonyl (C=O) groups is 1. The maximum Gasteiger partial charge on any atom is 0.335 e. The normalized spacial score (nSPS) is 10.2. The van der Waals surface area contributed by atoms with Gasteiger partial charge in [0.2, 0.25) is 0 Å². The van der Waals surface area contributed by atoms with Crippen molar-refractivity contribution in [3.8, 4) is 0 Å². The van der Waals surface area contributed by atoms with Crippen molar-refractivity contribution < 1.29 is 9.90 Å². The highest BCUT2D eigenvalue weighted by Gasteiger charge is 2.07. The summed E-state index contributed by atoms with van der Waals surface area (Å²) in [4.78, 5) is 21.2. The van der Waals surface area contributed by atoms with Crippen LogP contribution in [0.1, 0.15) is 16.1 Å². The standard InChI is InChI=1S/C14H15N3O2/c1-17(9-6-12-4-2-3-7-15-12)13-10-11(14(18)19)5-8-16-13/h2-5,7-8,10H,6,9H2,1H3,(H,18,19). The zero-order valence-electron chi connectivity index (χ0n) is 10.7. The molecule has 0 radical (unpaired) electrons. The van der Waals surface area contributed by atoms with Gasteiger partial charge in [0.25, 0.3) is 0 Å². The van der Waals surface area contributed by atoms with Crippen molar-refractivity contribution in [2.45, 2.75) is 6.42 Å². The van der Waals surface area contributed by atoms with Gasteiger partial charge in [0.05, 0.1) is 5.56 Å². The fourth-order valence-electron chi connectivity index (χ4n) is 1.70. The molecule has 0 aliphatic heterocycles. The molecule has 5 nitrogen and oxygen atoms in total. The molecule has 5 heteroatoms. The van der Waals surface area contributed by atoms with E-state index in [1.54, 1.807) is 12.3 Å². The minimum atomic E-state index is -0.943. The lowest BCUT2D eigenvalue weighted by Gasteiger charge is -2.18. The maximum atomic E-state index is 10.9. The largest absolute Gasteiger partial charge is 0.478 e. The molecular weight excluding hydrogens is 242 g/mol. The topological polar surface area (TPSA) is 66.3 Å². The van der Waals surface area contributed by atoms with Gasteiger partial charge in [0.1, 0.15) is 5.82 Å². The molecule has 0 atom stereocenters. The van der Waals surface area contributed by atoms with Gasteiger partial charge in [-0.2, -0.15) is 0 Å². The van der Waals surface area contributed by atoms with Crippen LogP contribution in [-0.2, 0) is 6.42 Å². The first-order chi connectivity index (χ1) is 9.16. The summed E-state index contributed by atoms with van der Waals surface area (Å²) in [5.41, 5.74) is 1.25. The smallest absolute Gasteiger partial charge is 0.335 e.